The maximum Gasteiger partial charge on any atom is 0.303 e. The van der Waals surface area contributed by atoms with Gasteiger partial charge in [0.2, 0.25) is 0 Å². The van der Waals surface area contributed by atoms with Crippen LogP contribution in [0.25, 0.3) is 23.1 Å². The van der Waals surface area contributed by atoms with Crippen LogP contribution in [0.3, 0.4) is 0 Å². The van der Waals surface area contributed by atoms with E-state index in [-0.39, 0.29) is 17.1 Å². The molecule has 212 valence electrons. The van der Waals surface area contributed by atoms with E-state index in [1.807, 2.05) is 74.1 Å². The maximum absolute atomic E-state index is 11.5. The molecule has 1 saturated carbocycles. The van der Waals surface area contributed by atoms with E-state index in [0.29, 0.717) is 5.02 Å². The Morgan fingerprint density at radius 1 is 1.05 bits per heavy atom. The number of nitrogens with zero attached hydrogens (tertiary/aromatic N) is 1. The molecule has 41 heavy (non-hydrogen) atoms. The highest BCUT2D eigenvalue weighted by Crippen LogP contribution is 2.53. The topological polar surface area (TPSA) is 70.4 Å². The number of rotatable bonds is 12. The van der Waals surface area contributed by atoms with Crippen LogP contribution in [0.5, 0.6) is 0 Å². The summed E-state index contributed by atoms with van der Waals surface area (Å²) in [5.74, 6) is 0.122. The van der Waals surface area contributed by atoms with Crippen LogP contribution >= 0.6 is 23.4 Å². The lowest BCUT2D eigenvalue weighted by molar-refractivity contribution is -0.138. The molecule has 1 fully saturated rings. The molecule has 0 spiro atoms. The van der Waals surface area contributed by atoms with Crippen molar-refractivity contribution >= 4 is 52.4 Å². The molecule has 6 heteroatoms. The minimum absolute atomic E-state index is 0.0814. The number of carbonyl (C=O) groups is 1. The van der Waals surface area contributed by atoms with Gasteiger partial charge in [0.05, 0.1) is 23.2 Å². The first-order chi connectivity index (χ1) is 19.6. The zero-order chi connectivity index (χ0) is 29.0. The lowest BCUT2D eigenvalue weighted by Gasteiger charge is -2.24. The minimum atomic E-state index is -0.911. The van der Waals surface area contributed by atoms with E-state index < -0.39 is 11.6 Å². The van der Waals surface area contributed by atoms with Gasteiger partial charge in [0, 0.05) is 21.4 Å². The zero-order valence-corrected chi connectivity index (χ0v) is 25.1. The molecule has 1 aromatic heterocycles. The second-order valence-corrected chi connectivity index (χ2v) is 13.3. The molecule has 0 aliphatic heterocycles. The SMILES string of the molecule is CC(C)(O)c1ccccc1CC[C@H](SCC1(CC(=O)O)CC1)c1cccc(C=Cc2ccc3ccc(Cl)cc3n2)c1. The Kier molecular flexibility index (Phi) is 8.88. The summed E-state index contributed by atoms with van der Waals surface area (Å²) in [6.45, 7) is 3.66. The third kappa shape index (κ3) is 7.79. The minimum Gasteiger partial charge on any atom is -0.481 e. The predicted molar refractivity (Wildman–Crippen MR) is 171 cm³/mol. The Bertz CT molecular complexity index is 1570. The van der Waals surface area contributed by atoms with Crippen molar-refractivity contribution in [3.05, 3.63) is 112 Å². The summed E-state index contributed by atoms with van der Waals surface area (Å²) in [4.78, 5) is 16.2. The lowest BCUT2D eigenvalue weighted by Crippen LogP contribution is -2.18. The molecule has 1 heterocycles. The van der Waals surface area contributed by atoms with E-state index in [0.717, 1.165) is 64.7 Å². The molecule has 5 rings (SSSR count). The first kappa shape index (κ1) is 29.4. The molecule has 4 nitrogen and oxygen atoms in total. The number of hydrogen-bond donors (Lipinski definition) is 2. The molecule has 0 amide bonds. The molecule has 0 radical (unpaired) electrons. The summed E-state index contributed by atoms with van der Waals surface area (Å²) < 4.78 is 0. The average molecular weight is 586 g/mol. The van der Waals surface area contributed by atoms with Crippen LogP contribution in [0.4, 0.5) is 0 Å². The third-order valence-corrected chi connectivity index (χ3v) is 9.76. The molecular formula is C35H36ClNO3S. The van der Waals surface area contributed by atoms with E-state index in [9.17, 15) is 15.0 Å². The Hall–Kier alpha value is -3.12. The molecule has 0 unspecified atom stereocenters. The monoisotopic (exact) mass is 585 g/mol. The van der Waals surface area contributed by atoms with Crippen molar-refractivity contribution in [1.82, 2.24) is 4.98 Å². The number of carboxylic acids is 1. The van der Waals surface area contributed by atoms with E-state index in [4.69, 9.17) is 16.6 Å². The van der Waals surface area contributed by atoms with Gasteiger partial charge in [0.15, 0.2) is 0 Å². The van der Waals surface area contributed by atoms with Gasteiger partial charge in [-0.3, -0.25) is 4.79 Å². The van der Waals surface area contributed by atoms with Crippen molar-refractivity contribution in [2.75, 3.05) is 5.75 Å². The van der Waals surface area contributed by atoms with Gasteiger partial charge in [-0.1, -0.05) is 78.3 Å². The summed E-state index contributed by atoms with van der Waals surface area (Å²) in [6, 6.07) is 26.5. The smallest absolute Gasteiger partial charge is 0.303 e. The fraction of sp³-hybridized carbons (Fsp3) is 0.314. The highest BCUT2D eigenvalue weighted by molar-refractivity contribution is 7.99. The van der Waals surface area contributed by atoms with Crippen LogP contribution in [0.15, 0.2) is 78.9 Å². The van der Waals surface area contributed by atoms with Gasteiger partial charge in [-0.2, -0.15) is 11.8 Å². The van der Waals surface area contributed by atoms with Gasteiger partial charge in [0.1, 0.15) is 0 Å². The van der Waals surface area contributed by atoms with Crippen molar-refractivity contribution in [2.24, 2.45) is 5.41 Å². The summed E-state index contributed by atoms with van der Waals surface area (Å²) in [7, 11) is 0. The van der Waals surface area contributed by atoms with Gasteiger partial charge in [-0.05, 0) is 91.5 Å². The van der Waals surface area contributed by atoms with Crippen LogP contribution in [0, 0.1) is 5.41 Å². The van der Waals surface area contributed by atoms with Gasteiger partial charge in [0.25, 0.3) is 0 Å². The second kappa shape index (κ2) is 12.4. The first-order valence-electron chi connectivity index (χ1n) is 14.1. The Labute approximate surface area is 251 Å². The summed E-state index contributed by atoms with van der Waals surface area (Å²) in [5, 5.41) is 22.1. The first-order valence-corrected chi connectivity index (χ1v) is 15.5. The quantitative estimate of drug-likeness (QED) is 0.174. The van der Waals surface area contributed by atoms with E-state index in [1.54, 1.807) is 0 Å². The fourth-order valence-electron chi connectivity index (χ4n) is 5.36. The van der Waals surface area contributed by atoms with Crippen molar-refractivity contribution < 1.29 is 15.0 Å². The van der Waals surface area contributed by atoms with Crippen molar-refractivity contribution in [3.8, 4) is 0 Å². The molecule has 0 bridgehead atoms. The van der Waals surface area contributed by atoms with E-state index in [2.05, 4.69) is 42.5 Å². The average Bonchev–Trinajstić information content (AvgIpc) is 3.70. The zero-order valence-electron chi connectivity index (χ0n) is 23.5. The number of aliphatic carboxylic acids is 1. The van der Waals surface area contributed by atoms with E-state index in [1.165, 1.54) is 5.56 Å². The third-order valence-electron chi connectivity index (χ3n) is 7.83. The van der Waals surface area contributed by atoms with Crippen molar-refractivity contribution in [3.63, 3.8) is 0 Å². The molecule has 1 atom stereocenters. The van der Waals surface area contributed by atoms with Crippen molar-refractivity contribution in [2.45, 2.75) is 56.8 Å². The maximum atomic E-state index is 11.5. The normalized spacial score (nSPS) is 15.3. The Morgan fingerprint density at radius 3 is 2.59 bits per heavy atom. The number of fused-ring (bicyclic) bond motifs is 1. The molecule has 3 aromatic carbocycles. The van der Waals surface area contributed by atoms with Crippen molar-refractivity contribution in [1.29, 1.82) is 0 Å². The Balaban J connectivity index is 1.37. The lowest BCUT2D eigenvalue weighted by atomic mass is 9.90. The van der Waals surface area contributed by atoms with Gasteiger partial charge in [-0.15, -0.1) is 0 Å². The molecule has 4 aromatic rings. The summed E-state index contributed by atoms with van der Waals surface area (Å²) in [5.41, 5.74) is 5.15. The number of aromatic nitrogens is 1. The fourth-order valence-corrected chi connectivity index (χ4v) is 7.09. The molecule has 1 aliphatic carbocycles. The number of benzene rings is 3. The van der Waals surface area contributed by atoms with Crippen LogP contribution in [0.2, 0.25) is 5.02 Å². The number of aliphatic hydroxyl groups is 1. The van der Waals surface area contributed by atoms with Crippen LogP contribution < -0.4 is 0 Å². The van der Waals surface area contributed by atoms with Crippen LogP contribution in [-0.2, 0) is 16.8 Å². The molecular weight excluding hydrogens is 550 g/mol. The molecule has 1 aliphatic rings. The number of hydrogen-bond acceptors (Lipinski definition) is 4. The van der Waals surface area contributed by atoms with Gasteiger partial charge >= 0.3 is 5.97 Å². The molecule has 2 N–H and O–H groups in total. The Morgan fingerprint density at radius 2 is 1.83 bits per heavy atom. The highest BCUT2D eigenvalue weighted by Gasteiger charge is 2.44. The molecule has 0 saturated heterocycles. The summed E-state index contributed by atoms with van der Waals surface area (Å²) >= 11 is 8.04. The number of halogens is 1. The second-order valence-electron chi connectivity index (χ2n) is 11.7. The number of thioether (sulfide) groups is 1. The predicted octanol–water partition coefficient (Wildman–Crippen LogP) is 8.95. The standard InChI is InChI=1S/C35H36ClNO3S/c1-34(2,40)30-9-4-3-7-25(30)13-17-32(41-23-35(18-19-35)22-33(38)39)27-8-5-6-24(20-27)10-15-29-16-12-26-11-14-28(36)21-31(26)37-29/h3-12,14-16,20-21,32,40H,13,17-19,22-23H2,1-2H3,(H,38,39)/t32-/m0/s1. The van der Waals surface area contributed by atoms with Gasteiger partial charge < -0.3 is 10.2 Å². The summed E-state index contributed by atoms with van der Waals surface area (Å²) in [6.07, 6.45) is 8.02. The van der Waals surface area contributed by atoms with Gasteiger partial charge in [-0.25, -0.2) is 4.98 Å². The highest BCUT2D eigenvalue weighted by atomic mass is 35.5. The largest absolute Gasteiger partial charge is 0.481 e. The van der Waals surface area contributed by atoms with Crippen LogP contribution in [0.1, 0.15) is 72.7 Å². The number of carboxylic acid groups (broad SMARTS) is 1. The van der Waals surface area contributed by atoms with Crippen LogP contribution in [-0.4, -0.2) is 26.9 Å². The number of pyridine rings is 1. The number of aryl methyl sites for hydroxylation is 1. The van der Waals surface area contributed by atoms with E-state index >= 15 is 0 Å².